The Morgan fingerprint density at radius 2 is 1.75 bits per heavy atom. The van der Waals surface area contributed by atoms with Crippen LogP contribution >= 0.6 is 0 Å². The number of nitrogens with zero attached hydrogens (tertiary/aromatic N) is 1. The molecule has 1 N–H and O–H groups in total. The number of carbonyl (C=O) groups excluding carboxylic acids is 1. The molecule has 0 heterocycles. The predicted molar refractivity (Wildman–Crippen MR) is 94.8 cm³/mol. The normalized spacial score (nSPS) is 11.2. The van der Waals surface area contributed by atoms with E-state index >= 15 is 0 Å². The van der Waals surface area contributed by atoms with Crippen LogP contribution in [0.4, 0.5) is 18.9 Å². The van der Waals surface area contributed by atoms with Crippen molar-refractivity contribution in [2.75, 3.05) is 26.1 Å². The Hall–Kier alpha value is -3.43. The zero-order valence-electron chi connectivity index (χ0n) is 14.9. The van der Waals surface area contributed by atoms with Gasteiger partial charge in [0.05, 0.1) is 20.4 Å². The zero-order valence-corrected chi connectivity index (χ0v) is 14.9. The van der Waals surface area contributed by atoms with E-state index in [2.05, 4.69) is 15.2 Å². The van der Waals surface area contributed by atoms with Crippen LogP contribution in [0.25, 0.3) is 0 Å². The molecule has 2 aromatic rings. The van der Waals surface area contributed by atoms with Crippen LogP contribution in [0, 0.1) is 0 Å². The summed E-state index contributed by atoms with van der Waals surface area (Å²) in [6, 6.07) is 9.78. The van der Waals surface area contributed by atoms with E-state index in [0.717, 1.165) is 12.1 Å². The summed E-state index contributed by atoms with van der Waals surface area (Å²) >= 11 is 0. The number of benzene rings is 2. The number of anilines is 1. The maximum absolute atomic E-state index is 12.1. The lowest BCUT2D eigenvalue weighted by atomic mass is 10.2. The first kappa shape index (κ1) is 20.9. The molecule has 0 fully saturated rings. The van der Waals surface area contributed by atoms with Crippen LogP contribution in [0.2, 0.25) is 0 Å². The van der Waals surface area contributed by atoms with Gasteiger partial charge in [0, 0.05) is 11.3 Å². The molecular formula is C18H17F3N2O5. The van der Waals surface area contributed by atoms with Crippen LogP contribution in [0.3, 0.4) is 0 Å². The van der Waals surface area contributed by atoms with E-state index in [-0.39, 0.29) is 5.69 Å². The fourth-order valence-electron chi connectivity index (χ4n) is 2.07. The SMILES string of the molecule is COc1ccc(OC)c(/C=N/OCC(=O)Nc2ccc(OC(F)(F)F)cc2)c1. The van der Waals surface area contributed by atoms with Crippen LogP contribution in [-0.2, 0) is 9.63 Å². The molecular weight excluding hydrogens is 381 g/mol. The van der Waals surface area contributed by atoms with Gasteiger partial charge in [0.1, 0.15) is 17.2 Å². The van der Waals surface area contributed by atoms with Gasteiger partial charge in [0.2, 0.25) is 0 Å². The van der Waals surface area contributed by atoms with Crippen molar-refractivity contribution in [2.24, 2.45) is 5.16 Å². The number of methoxy groups -OCH3 is 2. The predicted octanol–water partition coefficient (Wildman–Crippen LogP) is 3.59. The number of alkyl halides is 3. The van der Waals surface area contributed by atoms with E-state index in [1.165, 1.54) is 32.6 Å². The quantitative estimate of drug-likeness (QED) is 0.543. The molecule has 2 aromatic carbocycles. The molecule has 7 nitrogen and oxygen atoms in total. The number of amides is 1. The summed E-state index contributed by atoms with van der Waals surface area (Å²) in [6.07, 6.45) is -3.42. The number of halogens is 3. The number of nitrogens with one attached hydrogen (secondary N) is 1. The topological polar surface area (TPSA) is 78.4 Å². The Labute approximate surface area is 158 Å². The number of oxime groups is 1. The first-order valence-corrected chi connectivity index (χ1v) is 7.84. The second kappa shape index (κ2) is 9.49. The molecule has 0 aliphatic rings. The highest BCUT2D eigenvalue weighted by Crippen LogP contribution is 2.24. The minimum Gasteiger partial charge on any atom is -0.497 e. The fourth-order valence-corrected chi connectivity index (χ4v) is 2.07. The molecule has 0 aliphatic heterocycles. The van der Waals surface area contributed by atoms with Gasteiger partial charge in [0.15, 0.2) is 6.61 Å². The minimum absolute atomic E-state index is 0.279. The molecule has 0 aliphatic carbocycles. The lowest BCUT2D eigenvalue weighted by Gasteiger charge is -2.09. The molecule has 10 heteroatoms. The Morgan fingerprint density at radius 1 is 1.07 bits per heavy atom. The van der Waals surface area contributed by atoms with E-state index in [4.69, 9.17) is 14.3 Å². The lowest BCUT2D eigenvalue weighted by Crippen LogP contribution is -2.18. The second-order valence-corrected chi connectivity index (χ2v) is 5.24. The maximum Gasteiger partial charge on any atom is 0.573 e. The Bertz CT molecular complexity index is 823. The number of ether oxygens (including phenoxy) is 3. The zero-order chi connectivity index (χ0) is 20.6. The van der Waals surface area contributed by atoms with Crippen molar-refractivity contribution >= 4 is 17.8 Å². The highest BCUT2D eigenvalue weighted by Gasteiger charge is 2.30. The van der Waals surface area contributed by atoms with E-state index in [0.29, 0.717) is 17.1 Å². The average Bonchev–Trinajstić information content (AvgIpc) is 2.65. The number of rotatable bonds is 8. The van der Waals surface area contributed by atoms with E-state index in [1.807, 2.05) is 0 Å². The Morgan fingerprint density at radius 3 is 2.36 bits per heavy atom. The third-order valence-corrected chi connectivity index (χ3v) is 3.27. The standard InChI is InChI=1S/C18H17F3N2O5/c1-25-15-7-8-16(26-2)12(9-15)10-22-27-11-17(24)23-13-3-5-14(6-4-13)28-18(19,20)21/h3-10H,11H2,1-2H3,(H,23,24)/b22-10+. The summed E-state index contributed by atoms with van der Waals surface area (Å²) in [5, 5.41) is 6.15. The molecule has 28 heavy (non-hydrogen) atoms. The van der Waals surface area contributed by atoms with Gasteiger partial charge >= 0.3 is 6.36 Å². The largest absolute Gasteiger partial charge is 0.573 e. The highest BCUT2D eigenvalue weighted by atomic mass is 19.4. The van der Waals surface area contributed by atoms with Crippen LogP contribution in [0.1, 0.15) is 5.56 Å². The summed E-state index contributed by atoms with van der Waals surface area (Å²) in [7, 11) is 3.02. The van der Waals surface area contributed by atoms with Crippen molar-refractivity contribution < 1.29 is 37.0 Å². The summed E-state index contributed by atoms with van der Waals surface area (Å²) in [5.74, 6) is 0.203. The van der Waals surface area contributed by atoms with Crippen LogP contribution in [-0.4, -0.2) is 39.3 Å². The molecule has 2 rings (SSSR count). The first-order valence-electron chi connectivity index (χ1n) is 7.84. The molecule has 0 spiro atoms. The van der Waals surface area contributed by atoms with E-state index in [9.17, 15) is 18.0 Å². The van der Waals surface area contributed by atoms with Gasteiger partial charge in [-0.15, -0.1) is 13.2 Å². The summed E-state index contributed by atoms with van der Waals surface area (Å²) < 4.78 is 50.3. The van der Waals surface area contributed by atoms with Gasteiger partial charge in [-0.1, -0.05) is 5.16 Å². The Kier molecular flexibility index (Phi) is 7.08. The van der Waals surface area contributed by atoms with Crippen LogP contribution < -0.4 is 19.5 Å². The van der Waals surface area contributed by atoms with Crippen molar-refractivity contribution in [3.8, 4) is 17.2 Å². The molecule has 1 amide bonds. The van der Waals surface area contributed by atoms with E-state index < -0.39 is 24.6 Å². The number of hydrogen-bond donors (Lipinski definition) is 1. The molecule has 0 saturated heterocycles. The molecule has 0 atom stereocenters. The third-order valence-electron chi connectivity index (χ3n) is 3.27. The molecule has 150 valence electrons. The molecule has 0 bridgehead atoms. The maximum atomic E-state index is 12.1. The lowest BCUT2D eigenvalue weighted by molar-refractivity contribution is -0.274. The molecule has 0 saturated carbocycles. The third kappa shape index (κ3) is 6.71. The van der Waals surface area contributed by atoms with Gasteiger partial charge in [-0.05, 0) is 42.5 Å². The number of carbonyl (C=O) groups is 1. The summed E-state index contributed by atoms with van der Waals surface area (Å²) in [6.45, 7) is -0.399. The smallest absolute Gasteiger partial charge is 0.497 e. The summed E-state index contributed by atoms with van der Waals surface area (Å²) in [5.41, 5.74) is 0.865. The van der Waals surface area contributed by atoms with Gasteiger partial charge in [-0.3, -0.25) is 4.79 Å². The van der Waals surface area contributed by atoms with Crippen molar-refractivity contribution in [1.82, 2.24) is 0 Å². The van der Waals surface area contributed by atoms with Gasteiger partial charge in [0.25, 0.3) is 5.91 Å². The van der Waals surface area contributed by atoms with Crippen molar-refractivity contribution in [3.05, 3.63) is 48.0 Å². The van der Waals surface area contributed by atoms with Gasteiger partial charge in [-0.25, -0.2) is 0 Å². The number of hydrogen-bond acceptors (Lipinski definition) is 6. The monoisotopic (exact) mass is 398 g/mol. The molecule has 0 aromatic heterocycles. The first-order chi connectivity index (χ1) is 13.3. The van der Waals surface area contributed by atoms with Gasteiger partial charge < -0.3 is 24.4 Å². The van der Waals surface area contributed by atoms with Crippen LogP contribution in [0.5, 0.6) is 17.2 Å². The minimum atomic E-state index is -4.78. The Balaban J connectivity index is 1.85. The van der Waals surface area contributed by atoms with Crippen molar-refractivity contribution in [1.29, 1.82) is 0 Å². The molecule has 0 radical (unpaired) electrons. The summed E-state index contributed by atoms with van der Waals surface area (Å²) in [4.78, 5) is 16.7. The average molecular weight is 398 g/mol. The fraction of sp³-hybridized carbons (Fsp3) is 0.222. The van der Waals surface area contributed by atoms with Crippen LogP contribution in [0.15, 0.2) is 47.6 Å². The second-order valence-electron chi connectivity index (χ2n) is 5.24. The van der Waals surface area contributed by atoms with Crippen molar-refractivity contribution in [2.45, 2.75) is 6.36 Å². The van der Waals surface area contributed by atoms with E-state index in [1.54, 1.807) is 18.2 Å². The van der Waals surface area contributed by atoms with Crippen molar-refractivity contribution in [3.63, 3.8) is 0 Å². The van der Waals surface area contributed by atoms with Gasteiger partial charge in [-0.2, -0.15) is 0 Å². The molecule has 0 unspecified atom stereocenters. The highest BCUT2D eigenvalue weighted by molar-refractivity contribution is 5.91.